The zero-order valence-electron chi connectivity index (χ0n) is 17.8. The second kappa shape index (κ2) is 12.3. The van der Waals surface area contributed by atoms with E-state index in [0.29, 0.717) is 25.5 Å². The van der Waals surface area contributed by atoms with Crippen molar-refractivity contribution in [3.05, 3.63) is 65.6 Å². The first kappa shape index (κ1) is 24.6. The van der Waals surface area contributed by atoms with Gasteiger partial charge in [-0.25, -0.2) is 4.39 Å². The van der Waals surface area contributed by atoms with Crippen LogP contribution >= 0.6 is 24.0 Å². The second-order valence-electron chi connectivity index (χ2n) is 7.10. The summed E-state index contributed by atoms with van der Waals surface area (Å²) in [7, 11) is 1.73. The highest BCUT2D eigenvalue weighted by Crippen LogP contribution is 2.19. The van der Waals surface area contributed by atoms with Crippen molar-refractivity contribution in [2.75, 3.05) is 18.9 Å². The maximum absolute atomic E-state index is 13.3. The first-order valence-corrected chi connectivity index (χ1v) is 10.2. The smallest absolute Gasteiger partial charge is 0.224 e. The normalized spacial score (nSPS) is 11.1. The Hall–Kier alpha value is -2.62. The SMILES string of the molecule is CCCC(=O)Nc1ccc(CNC(=NC)NCCc2c[nH]c3cc(F)ccc23)cc1.I. The van der Waals surface area contributed by atoms with Crippen LogP contribution in [0.2, 0.25) is 0 Å². The Bertz CT molecular complexity index is 1020. The summed E-state index contributed by atoms with van der Waals surface area (Å²) < 4.78 is 13.3. The highest BCUT2D eigenvalue weighted by Gasteiger charge is 2.06. The van der Waals surface area contributed by atoms with Crippen molar-refractivity contribution < 1.29 is 9.18 Å². The predicted molar refractivity (Wildman–Crippen MR) is 136 cm³/mol. The molecule has 8 heteroatoms. The molecule has 31 heavy (non-hydrogen) atoms. The van der Waals surface area contributed by atoms with Crippen LogP contribution in [-0.2, 0) is 17.8 Å². The summed E-state index contributed by atoms with van der Waals surface area (Å²) in [5, 5.41) is 10.5. The van der Waals surface area contributed by atoms with Gasteiger partial charge in [-0.2, -0.15) is 0 Å². The van der Waals surface area contributed by atoms with Crippen molar-refractivity contribution in [1.29, 1.82) is 0 Å². The molecule has 0 aliphatic carbocycles. The van der Waals surface area contributed by atoms with Gasteiger partial charge in [0.25, 0.3) is 0 Å². The predicted octanol–water partition coefficient (Wildman–Crippen LogP) is 4.57. The highest BCUT2D eigenvalue weighted by atomic mass is 127. The molecule has 2 aromatic carbocycles. The molecular formula is C23H29FIN5O. The Labute approximate surface area is 199 Å². The Morgan fingerprint density at radius 3 is 2.61 bits per heavy atom. The van der Waals surface area contributed by atoms with E-state index in [9.17, 15) is 9.18 Å². The van der Waals surface area contributed by atoms with Crippen LogP contribution in [0.3, 0.4) is 0 Å². The fourth-order valence-electron chi connectivity index (χ4n) is 3.24. The van der Waals surface area contributed by atoms with E-state index < -0.39 is 0 Å². The lowest BCUT2D eigenvalue weighted by atomic mass is 10.1. The number of nitrogens with zero attached hydrogens (tertiary/aromatic N) is 1. The summed E-state index contributed by atoms with van der Waals surface area (Å²) >= 11 is 0. The number of nitrogens with one attached hydrogen (secondary N) is 4. The molecule has 0 aliphatic heterocycles. The number of H-pyrrole nitrogens is 1. The van der Waals surface area contributed by atoms with E-state index in [1.54, 1.807) is 13.1 Å². The minimum Gasteiger partial charge on any atom is -0.361 e. The molecule has 0 saturated carbocycles. The van der Waals surface area contributed by atoms with Crippen LogP contribution in [0.1, 0.15) is 30.9 Å². The number of benzene rings is 2. The molecule has 1 amide bonds. The van der Waals surface area contributed by atoms with Crippen molar-refractivity contribution in [2.45, 2.75) is 32.7 Å². The van der Waals surface area contributed by atoms with Crippen molar-refractivity contribution in [2.24, 2.45) is 4.99 Å². The Morgan fingerprint density at radius 2 is 1.90 bits per heavy atom. The molecule has 0 bridgehead atoms. The Morgan fingerprint density at radius 1 is 1.13 bits per heavy atom. The second-order valence-corrected chi connectivity index (χ2v) is 7.10. The number of halogens is 2. The van der Waals surface area contributed by atoms with Crippen LogP contribution in [0.25, 0.3) is 10.9 Å². The van der Waals surface area contributed by atoms with Gasteiger partial charge in [-0.15, -0.1) is 24.0 Å². The van der Waals surface area contributed by atoms with Gasteiger partial charge in [0, 0.05) is 49.3 Å². The van der Waals surface area contributed by atoms with Crippen LogP contribution in [-0.4, -0.2) is 30.4 Å². The third-order valence-electron chi connectivity index (χ3n) is 4.81. The molecule has 1 aromatic heterocycles. The summed E-state index contributed by atoms with van der Waals surface area (Å²) in [5.74, 6) is 0.504. The summed E-state index contributed by atoms with van der Waals surface area (Å²) in [6.07, 6.45) is 4.07. The third-order valence-corrected chi connectivity index (χ3v) is 4.81. The number of aromatic amines is 1. The van der Waals surface area contributed by atoms with Crippen LogP contribution in [0.5, 0.6) is 0 Å². The van der Waals surface area contributed by atoms with Crippen molar-refractivity contribution in [1.82, 2.24) is 15.6 Å². The molecule has 1 heterocycles. The van der Waals surface area contributed by atoms with E-state index in [0.717, 1.165) is 40.6 Å². The Balaban J connectivity index is 0.00000341. The topological polar surface area (TPSA) is 81.3 Å². The number of carbonyl (C=O) groups excluding carboxylic acids is 1. The number of aliphatic imine (C=N–C) groups is 1. The van der Waals surface area contributed by atoms with Gasteiger partial charge >= 0.3 is 0 Å². The summed E-state index contributed by atoms with van der Waals surface area (Å²) in [6.45, 7) is 3.30. The number of aromatic nitrogens is 1. The summed E-state index contributed by atoms with van der Waals surface area (Å²) in [5.41, 5.74) is 3.83. The fraction of sp³-hybridized carbons (Fsp3) is 0.304. The van der Waals surface area contributed by atoms with Crippen LogP contribution < -0.4 is 16.0 Å². The van der Waals surface area contributed by atoms with Gasteiger partial charge in [0.15, 0.2) is 5.96 Å². The first-order chi connectivity index (χ1) is 14.6. The van der Waals surface area contributed by atoms with Gasteiger partial charge in [-0.3, -0.25) is 9.79 Å². The maximum atomic E-state index is 13.3. The molecule has 166 valence electrons. The zero-order chi connectivity index (χ0) is 21.3. The number of anilines is 1. The van der Waals surface area contributed by atoms with Crippen LogP contribution in [0.4, 0.5) is 10.1 Å². The van der Waals surface area contributed by atoms with E-state index in [1.165, 1.54) is 12.1 Å². The summed E-state index contributed by atoms with van der Waals surface area (Å²) in [4.78, 5) is 19.0. The zero-order valence-corrected chi connectivity index (χ0v) is 20.1. The molecular weight excluding hydrogens is 508 g/mol. The van der Waals surface area contributed by atoms with Gasteiger partial charge in [0.1, 0.15) is 5.82 Å². The van der Waals surface area contributed by atoms with Crippen molar-refractivity contribution >= 4 is 52.4 Å². The first-order valence-electron chi connectivity index (χ1n) is 10.2. The summed E-state index contributed by atoms with van der Waals surface area (Å²) in [6, 6.07) is 12.6. The average Bonchev–Trinajstić information content (AvgIpc) is 3.13. The minimum absolute atomic E-state index is 0. The lowest BCUT2D eigenvalue weighted by Gasteiger charge is -2.12. The van der Waals surface area contributed by atoms with Gasteiger partial charge in [0.2, 0.25) is 5.91 Å². The molecule has 0 radical (unpaired) electrons. The average molecular weight is 537 g/mol. The van der Waals surface area contributed by atoms with E-state index in [2.05, 4.69) is 25.9 Å². The number of hydrogen-bond acceptors (Lipinski definition) is 2. The molecule has 4 N–H and O–H groups in total. The molecule has 0 saturated heterocycles. The van der Waals surface area contributed by atoms with E-state index >= 15 is 0 Å². The quantitative estimate of drug-likeness (QED) is 0.193. The van der Waals surface area contributed by atoms with Gasteiger partial charge in [-0.05, 0) is 54.3 Å². The van der Waals surface area contributed by atoms with Gasteiger partial charge < -0.3 is 20.9 Å². The van der Waals surface area contributed by atoms with Crippen LogP contribution in [0.15, 0.2) is 53.7 Å². The number of guanidine groups is 1. The molecule has 0 unspecified atom stereocenters. The number of rotatable bonds is 8. The van der Waals surface area contributed by atoms with E-state index in [1.807, 2.05) is 37.4 Å². The van der Waals surface area contributed by atoms with E-state index in [-0.39, 0.29) is 35.7 Å². The van der Waals surface area contributed by atoms with Gasteiger partial charge in [-0.1, -0.05) is 19.1 Å². The largest absolute Gasteiger partial charge is 0.361 e. The minimum atomic E-state index is -0.241. The number of amides is 1. The highest BCUT2D eigenvalue weighted by molar-refractivity contribution is 14.0. The molecule has 6 nitrogen and oxygen atoms in total. The molecule has 3 rings (SSSR count). The number of hydrogen-bond donors (Lipinski definition) is 4. The Kier molecular flexibility index (Phi) is 9.77. The van der Waals surface area contributed by atoms with Crippen molar-refractivity contribution in [3.8, 4) is 0 Å². The molecule has 0 atom stereocenters. The van der Waals surface area contributed by atoms with E-state index in [4.69, 9.17) is 0 Å². The third kappa shape index (κ3) is 7.23. The number of fused-ring (bicyclic) bond motifs is 1. The van der Waals surface area contributed by atoms with Crippen molar-refractivity contribution in [3.63, 3.8) is 0 Å². The maximum Gasteiger partial charge on any atom is 0.224 e. The fourth-order valence-corrected chi connectivity index (χ4v) is 3.24. The molecule has 0 fully saturated rings. The van der Waals surface area contributed by atoms with Gasteiger partial charge in [0.05, 0.1) is 0 Å². The number of carbonyl (C=O) groups is 1. The monoisotopic (exact) mass is 537 g/mol. The molecule has 0 spiro atoms. The lowest BCUT2D eigenvalue weighted by Crippen LogP contribution is -2.37. The standard InChI is InChI=1S/C23H28FN5O.HI/c1-3-4-22(30)29-19-8-5-16(6-9-19)14-28-23(25-2)26-12-11-17-15-27-21-13-18(24)7-10-20(17)21;/h5-10,13,15,27H,3-4,11-12,14H2,1-2H3,(H,29,30)(H2,25,26,28);1H. The molecule has 0 aliphatic rings. The lowest BCUT2D eigenvalue weighted by molar-refractivity contribution is -0.116. The molecule has 3 aromatic rings. The van der Waals surface area contributed by atoms with Crippen LogP contribution in [0, 0.1) is 5.82 Å².